The molecule has 2 heterocycles. The lowest BCUT2D eigenvalue weighted by Crippen LogP contribution is -2.40. The SMILES string of the molecule is CC(C)C1Oc2sc(C(=O)O)cc2NC1=O. The Morgan fingerprint density at radius 2 is 2.31 bits per heavy atom. The van der Waals surface area contributed by atoms with Gasteiger partial charge in [0.15, 0.2) is 11.2 Å². The number of amides is 1. The first-order valence-electron chi connectivity index (χ1n) is 4.83. The predicted octanol–water partition coefficient (Wildman–Crippen LogP) is 1.80. The lowest BCUT2D eigenvalue weighted by molar-refractivity contribution is -0.125. The van der Waals surface area contributed by atoms with Crippen molar-refractivity contribution in [2.45, 2.75) is 20.0 Å². The number of carboxylic acids is 1. The molecule has 0 aromatic carbocycles. The van der Waals surface area contributed by atoms with Gasteiger partial charge < -0.3 is 15.2 Å². The van der Waals surface area contributed by atoms with Crippen molar-refractivity contribution in [2.75, 3.05) is 5.32 Å². The second-order valence-corrected chi connectivity index (χ2v) is 4.90. The third kappa shape index (κ3) is 1.76. The molecule has 16 heavy (non-hydrogen) atoms. The topological polar surface area (TPSA) is 75.6 Å². The van der Waals surface area contributed by atoms with E-state index in [1.54, 1.807) is 0 Å². The van der Waals surface area contributed by atoms with Crippen molar-refractivity contribution in [1.29, 1.82) is 0 Å². The molecule has 1 aromatic rings. The lowest BCUT2D eigenvalue weighted by Gasteiger charge is -2.25. The van der Waals surface area contributed by atoms with Crippen LogP contribution in [-0.2, 0) is 4.79 Å². The number of carboxylic acid groups (broad SMARTS) is 1. The standard InChI is InChI=1S/C10H11NO4S/c1-4(2)7-8(12)11-5-3-6(9(13)14)16-10(5)15-7/h3-4,7H,1-2H3,(H,11,12)(H,13,14). The van der Waals surface area contributed by atoms with Gasteiger partial charge in [-0.25, -0.2) is 4.79 Å². The highest BCUT2D eigenvalue weighted by Gasteiger charge is 2.32. The highest BCUT2D eigenvalue weighted by Crippen LogP contribution is 2.39. The van der Waals surface area contributed by atoms with Gasteiger partial charge in [-0.15, -0.1) is 0 Å². The number of aromatic carboxylic acids is 1. The Hall–Kier alpha value is -1.56. The van der Waals surface area contributed by atoms with Gasteiger partial charge in [-0.05, 0) is 12.0 Å². The maximum absolute atomic E-state index is 11.6. The van der Waals surface area contributed by atoms with Crippen LogP contribution in [0.25, 0.3) is 0 Å². The van der Waals surface area contributed by atoms with Gasteiger partial charge in [0, 0.05) is 0 Å². The molecule has 0 saturated heterocycles. The number of carbonyl (C=O) groups excluding carboxylic acids is 1. The van der Waals surface area contributed by atoms with Gasteiger partial charge in [-0.2, -0.15) is 0 Å². The minimum absolute atomic E-state index is 0.0449. The van der Waals surface area contributed by atoms with Gasteiger partial charge in [-0.3, -0.25) is 4.79 Å². The second-order valence-electron chi connectivity index (χ2n) is 3.89. The van der Waals surface area contributed by atoms with Crippen molar-refractivity contribution in [3.05, 3.63) is 10.9 Å². The van der Waals surface area contributed by atoms with E-state index in [0.717, 1.165) is 11.3 Å². The molecule has 2 rings (SSSR count). The van der Waals surface area contributed by atoms with Crippen LogP contribution in [0.15, 0.2) is 6.07 Å². The molecule has 0 aliphatic carbocycles. The fourth-order valence-electron chi connectivity index (χ4n) is 1.47. The quantitative estimate of drug-likeness (QED) is 0.827. The molecule has 1 aliphatic rings. The van der Waals surface area contributed by atoms with Gasteiger partial charge >= 0.3 is 5.97 Å². The first-order chi connectivity index (χ1) is 7.49. The zero-order valence-electron chi connectivity index (χ0n) is 8.81. The number of thiophene rings is 1. The van der Waals surface area contributed by atoms with Crippen LogP contribution in [0.1, 0.15) is 23.5 Å². The number of ether oxygens (including phenoxy) is 1. The van der Waals surface area contributed by atoms with Crippen LogP contribution in [0.3, 0.4) is 0 Å². The van der Waals surface area contributed by atoms with E-state index in [9.17, 15) is 9.59 Å². The van der Waals surface area contributed by atoms with E-state index < -0.39 is 12.1 Å². The van der Waals surface area contributed by atoms with Crippen molar-refractivity contribution >= 4 is 28.9 Å². The van der Waals surface area contributed by atoms with Crippen LogP contribution in [0, 0.1) is 5.92 Å². The van der Waals surface area contributed by atoms with Crippen LogP contribution in [0.5, 0.6) is 5.06 Å². The summed E-state index contributed by atoms with van der Waals surface area (Å²) in [5.41, 5.74) is 0.448. The van der Waals surface area contributed by atoms with E-state index in [0.29, 0.717) is 10.8 Å². The van der Waals surface area contributed by atoms with E-state index in [4.69, 9.17) is 9.84 Å². The minimum Gasteiger partial charge on any atom is -0.477 e. The number of fused-ring (bicyclic) bond motifs is 1. The Morgan fingerprint density at radius 1 is 1.62 bits per heavy atom. The summed E-state index contributed by atoms with van der Waals surface area (Å²) in [6.45, 7) is 3.75. The number of nitrogens with one attached hydrogen (secondary N) is 1. The largest absolute Gasteiger partial charge is 0.477 e. The maximum atomic E-state index is 11.6. The van der Waals surface area contributed by atoms with Crippen molar-refractivity contribution in [2.24, 2.45) is 5.92 Å². The van der Waals surface area contributed by atoms with E-state index >= 15 is 0 Å². The van der Waals surface area contributed by atoms with Crippen LogP contribution in [0.4, 0.5) is 5.69 Å². The summed E-state index contributed by atoms with van der Waals surface area (Å²) in [5.74, 6) is -1.20. The highest BCUT2D eigenvalue weighted by molar-refractivity contribution is 7.16. The summed E-state index contributed by atoms with van der Waals surface area (Å²) < 4.78 is 5.48. The number of rotatable bonds is 2. The lowest BCUT2D eigenvalue weighted by atomic mass is 10.1. The smallest absolute Gasteiger partial charge is 0.346 e. The first kappa shape index (κ1) is 10.9. The average Bonchev–Trinajstić information content (AvgIpc) is 2.58. The molecule has 86 valence electrons. The van der Waals surface area contributed by atoms with Gasteiger partial charge in [0.1, 0.15) is 4.88 Å². The molecule has 1 unspecified atom stereocenters. The van der Waals surface area contributed by atoms with Crippen molar-refractivity contribution in [3.8, 4) is 5.06 Å². The average molecular weight is 241 g/mol. The Balaban J connectivity index is 2.32. The Bertz CT molecular complexity index is 452. The summed E-state index contributed by atoms with van der Waals surface area (Å²) in [7, 11) is 0. The van der Waals surface area contributed by atoms with Crippen molar-refractivity contribution in [3.63, 3.8) is 0 Å². The summed E-state index contributed by atoms with van der Waals surface area (Å²) in [4.78, 5) is 22.5. The van der Waals surface area contributed by atoms with Crippen LogP contribution < -0.4 is 10.1 Å². The molecule has 1 atom stereocenters. The maximum Gasteiger partial charge on any atom is 0.346 e. The fraction of sp³-hybridized carbons (Fsp3) is 0.400. The van der Waals surface area contributed by atoms with E-state index in [-0.39, 0.29) is 16.7 Å². The highest BCUT2D eigenvalue weighted by atomic mass is 32.1. The molecule has 2 N–H and O–H groups in total. The van der Waals surface area contributed by atoms with Gasteiger partial charge in [0.25, 0.3) is 5.91 Å². The molecule has 0 fully saturated rings. The normalized spacial score (nSPS) is 18.9. The number of carbonyl (C=O) groups is 2. The van der Waals surface area contributed by atoms with E-state index in [2.05, 4.69) is 5.32 Å². The molecule has 0 radical (unpaired) electrons. The number of hydrogen-bond acceptors (Lipinski definition) is 4. The summed E-state index contributed by atoms with van der Waals surface area (Å²) in [6, 6.07) is 1.41. The number of hydrogen-bond donors (Lipinski definition) is 2. The summed E-state index contributed by atoms with van der Waals surface area (Å²) >= 11 is 1.03. The van der Waals surface area contributed by atoms with Crippen molar-refractivity contribution in [1.82, 2.24) is 0 Å². The molecular weight excluding hydrogens is 230 g/mol. The molecule has 1 aliphatic heterocycles. The van der Waals surface area contributed by atoms with Crippen LogP contribution in [0.2, 0.25) is 0 Å². The zero-order valence-corrected chi connectivity index (χ0v) is 9.63. The first-order valence-corrected chi connectivity index (χ1v) is 5.65. The molecule has 0 bridgehead atoms. The van der Waals surface area contributed by atoms with Gasteiger partial charge in [-0.1, -0.05) is 25.2 Å². The molecular formula is C10H11NO4S. The van der Waals surface area contributed by atoms with Crippen LogP contribution >= 0.6 is 11.3 Å². The minimum atomic E-state index is -1.02. The van der Waals surface area contributed by atoms with Gasteiger partial charge in [0.05, 0.1) is 5.69 Å². The molecule has 0 spiro atoms. The fourth-order valence-corrected chi connectivity index (χ4v) is 2.30. The summed E-state index contributed by atoms with van der Waals surface area (Å²) in [6.07, 6.45) is -0.548. The van der Waals surface area contributed by atoms with E-state index in [1.807, 2.05) is 13.8 Å². The Labute approximate surface area is 96.0 Å². The Kier molecular flexibility index (Phi) is 2.59. The Morgan fingerprint density at radius 3 is 2.88 bits per heavy atom. The van der Waals surface area contributed by atoms with Gasteiger partial charge in [0.2, 0.25) is 0 Å². The third-order valence-corrected chi connectivity index (χ3v) is 3.28. The van der Waals surface area contributed by atoms with Crippen LogP contribution in [-0.4, -0.2) is 23.1 Å². The monoisotopic (exact) mass is 241 g/mol. The molecule has 5 nitrogen and oxygen atoms in total. The van der Waals surface area contributed by atoms with Crippen molar-refractivity contribution < 1.29 is 19.4 Å². The molecule has 1 aromatic heterocycles. The van der Waals surface area contributed by atoms with E-state index in [1.165, 1.54) is 6.07 Å². The summed E-state index contributed by atoms with van der Waals surface area (Å²) in [5, 5.41) is 11.9. The third-order valence-electron chi connectivity index (χ3n) is 2.26. The zero-order chi connectivity index (χ0) is 11.9. The number of anilines is 1. The second kappa shape index (κ2) is 3.79. The predicted molar refractivity (Wildman–Crippen MR) is 59.2 cm³/mol. The molecule has 1 amide bonds. The molecule has 6 heteroatoms. The molecule has 0 saturated carbocycles.